The van der Waals surface area contributed by atoms with E-state index in [-0.39, 0.29) is 11.1 Å². The van der Waals surface area contributed by atoms with Crippen LogP contribution in [0, 0.1) is 5.82 Å². The van der Waals surface area contributed by atoms with E-state index in [0.29, 0.717) is 11.5 Å². The van der Waals surface area contributed by atoms with Gasteiger partial charge in [0.25, 0.3) is 0 Å². The summed E-state index contributed by atoms with van der Waals surface area (Å²) in [4.78, 5) is 0. The Morgan fingerprint density at radius 1 is 1.50 bits per heavy atom. The van der Waals surface area contributed by atoms with Gasteiger partial charge in [-0.3, -0.25) is 0 Å². The number of halogens is 2. The minimum Gasteiger partial charge on any atom is -0.321 e. The summed E-state index contributed by atoms with van der Waals surface area (Å²) in [6.07, 6.45) is 0. The van der Waals surface area contributed by atoms with E-state index < -0.39 is 5.82 Å². The van der Waals surface area contributed by atoms with Crippen molar-refractivity contribution < 1.29 is 4.39 Å². The van der Waals surface area contributed by atoms with Crippen molar-refractivity contribution in [3.05, 3.63) is 34.9 Å². The van der Waals surface area contributed by atoms with Crippen molar-refractivity contribution in [3.8, 4) is 5.69 Å². The molecule has 0 saturated heterocycles. The SMILES string of the molecule is CC(N)c1nnnn1-c1ccc(F)c(Cl)c1. The number of nitrogens with two attached hydrogens (primary N) is 1. The van der Waals surface area contributed by atoms with Crippen LogP contribution in [0.15, 0.2) is 18.2 Å². The highest BCUT2D eigenvalue weighted by Gasteiger charge is 2.13. The summed E-state index contributed by atoms with van der Waals surface area (Å²) in [6, 6.07) is 3.91. The second kappa shape index (κ2) is 4.15. The molecule has 16 heavy (non-hydrogen) atoms. The molecule has 0 radical (unpaired) electrons. The van der Waals surface area contributed by atoms with E-state index >= 15 is 0 Å². The molecule has 0 fully saturated rings. The van der Waals surface area contributed by atoms with Crippen LogP contribution in [-0.2, 0) is 0 Å². The molecule has 0 spiro atoms. The lowest BCUT2D eigenvalue weighted by molar-refractivity contribution is 0.626. The van der Waals surface area contributed by atoms with Crippen molar-refractivity contribution in [1.29, 1.82) is 0 Å². The summed E-state index contributed by atoms with van der Waals surface area (Å²) in [5, 5.41) is 11.1. The third-order valence-electron chi connectivity index (χ3n) is 2.05. The monoisotopic (exact) mass is 241 g/mol. The summed E-state index contributed by atoms with van der Waals surface area (Å²) >= 11 is 5.67. The lowest BCUT2D eigenvalue weighted by atomic mass is 10.3. The molecule has 2 aromatic rings. The molecule has 0 saturated carbocycles. The number of hydrogen-bond acceptors (Lipinski definition) is 4. The summed E-state index contributed by atoms with van der Waals surface area (Å²) in [5.74, 6) is 0.00325. The zero-order chi connectivity index (χ0) is 11.7. The predicted molar refractivity (Wildman–Crippen MR) is 56.7 cm³/mol. The summed E-state index contributed by atoms with van der Waals surface area (Å²) in [5.41, 5.74) is 6.27. The van der Waals surface area contributed by atoms with Crippen LogP contribution in [0.2, 0.25) is 5.02 Å². The Balaban J connectivity index is 2.50. The molecule has 0 aliphatic carbocycles. The van der Waals surface area contributed by atoms with Gasteiger partial charge < -0.3 is 5.73 Å². The van der Waals surface area contributed by atoms with Crippen LogP contribution in [0.1, 0.15) is 18.8 Å². The van der Waals surface area contributed by atoms with E-state index in [9.17, 15) is 4.39 Å². The smallest absolute Gasteiger partial charge is 0.173 e. The van der Waals surface area contributed by atoms with E-state index in [0.717, 1.165) is 0 Å². The Morgan fingerprint density at radius 3 is 2.88 bits per heavy atom. The van der Waals surface area contributed by atoms with Crippen molar-refractivity contribution in [1.82, 2.24) is 20.2 Å². The average molecular weight is 242 g/mol. The topological polar surface area (TPSA) is 69.6 Å². The van der Waals surface area contributed by atoms with Crippen molar-refractivity contribution in [2.45, 2.75) is 13.0 Å². The maximum Gasteiger partial charge on any atom is 0.173 e. The number of tetrazole rings is 1. The average Bonchev–Trinajstić information content (AvgIpc) is 2.71. The first-order valence-electron chi connectivity index (χ1n) is 4.59. The third-order valence-corrected chi connectivity index (χ3v) is 2.34. The maximum atomic E-state index is 13.0. The van der Waals surface area contributed by atoms with Gasteiger partial charge in [0.15, 0.2) is 5.82 Å². The number of hydrogen-bond donors (Lipinski definition) is 1. The van der Waals surface area contributed by atoms with Crippen LogP contribution >= 0.6 is 11.6 Å². The number of aromatic nitrogens is 4. The minimum absolute atomic E-state index is 0.0172. The summed E-state index contributed by atoms with van der Waals surface area (Å²) < 4.78 is 14.4. The predicted octanol–water partition coefficient (Wildman–Crippen LogP) is 1.47. The Hall–Kier alpha value is -1.53. The highest BCUT2D eigenvalue weighted by Crippen LogP contribution is 2.19. The lowest BCUT2D eigenvalue weighted by Gasteiger charge is -2.07. The Morgan fingerprint density at radius 2 is 2.25 bits per heavy atom. The molecular formula is C9H9ClFN5. The molecular weight excluding hydrogens is 233 g/mol. The Kier molecular flexibility index (Phi) is 2.84. The van der Waals surface area contributed by atoms with Crippen LogP contribution in [0.5, 0.6) is 0 Å². The molecule has 5 nitrogen and oxygen atoms in total. The van der Waals surface area contributed by atoms with Gasteiger partial charge in [0.05, 0.1) is 16.8 Å². The van der Waals surface area contributed by atoms with Gasteiger partial charge in [-0.15, -0.1) is 5.10 Å². The van der Waals surface area contributed by atoms with Gasteiger partial charge in [0.1, 0.15) is 5.82 Å². The highest BCUT2D eigenvalue weighted by molar-refractivity contribution is 6.30. The van der Waals surface area contributed by atoms with Crippen molar-refractivity contribution in [2.75, 3.05) is 0 Å². The standard InChI is InChI=1S/C9H9ClFN5/c1-5(12)9-13-14-15-16(9)6-2-3-8(11)7(10)4-6/h2-5H,12H2,1H3. The number of benzene rings is 1. The van der Waals surface area contributed by atoms with Crippen LogP contribution in [0.25, 0.3) is 5.69 Å². The fourth-order valence-corrected chi connectivity index (χ4v) is 1.45. The van der Waals surface area contributed by atoms with Gasteiger partial charge in [0.2, 0.25) is 0 Å². The van der Waals surface area contributed by atoms with E-state index in [1.54, 1.807) is 6.92 Å². The molecule has 2 rings (SSSR count). The Bertz CT molecular complexity index is 510. The molecule has 7 heteroatoms. The van der Waals surface area contributed by atoms with Crippen molar-refractivity contribution >= 4 is 11.6 Å². The Labute approximate surface area is 96.0 Å². The normalized spacial score (nSPS) is 12.8. The summed E-state index contributed by atoms with van der Waals surface area (Å²) in [7, 11) is 0. The largest absolute Gasteiger partial charge is 0.321 e. The first kappa shape index (κ1) is 11.0. The molecule has 1 aromatic carbocycles. The first-order valence-corrected chi connectivity index (χ1v) is 4.96. The van der Waals surface area contributed by atoms with E-state index in [1.165, 1.54) is 22.9 Å². The van der Waals surface area contributed by atoms with Crippen LogP contribution in [-0.4, -0.2) is 20.2 Å². The molecule has 2 N–H and O–H groups in total. The van der Waals surface area contributed by atoms with Gasteiger partial charge in [-0.1, -0.05) is 11.6 Å². The zero-order valence-electron chi connectivity index (χ0n) is 8.43. The van der Waals surface area contributed by atoms with E-state index in [4.69, 9.17) is 17.3 Å². The first-order chi connectivity index (χ1) is 7.59. The molecule has 84 valence electrons. The molecule has 0 bridgehead atoms. The quantitative estimate of drug-likeness (QED) is 0.865. The van der Waals surface area contributed by atoms with Crippen molar-refractivity contribution in [2.24, 2.45) is 5.73 Å². The second-order valence-corrected chi connectivity index (χ2v) is 3.74. The molecule has 1 aromatic heterocycles. The number of rotatable bonds is 2. The molecule has 1 unspecified atom stereocenters. The van der Waals surface area contributed by atoms with Gasteiger partial charge >= 0.3 is 0 Å². The van der Waals surface area contributed by atoms with Gasteiger partial charge in [-0.2, -0.15) is 4.68 Å². The minimum atomic E-state index is -0.485. The highest BCUT2D eigenvalue weighted by atomic mass is 35.5. The van der Waals surface area contributed by atoms with Crippen LogP contribution < -0.4 is 5.73 Å². The van der Waals surface area contributed by atoms with Gasteiger partial charge in [-0.25, -0.2) is 4.39 Å². The van der Waals surface area contributed by atoms with Crippen molar-refractivity contribution in [3.63, 3.8) is 0 Å². The van der Waals surface area contributed by atoms with Gasteiger partial charge in [0, 0.05) is 0 Å². The maximum absolute atomic E-state index is 13.0. The van der Waals surface area contributed by atoms with E-state index in [1.807, 2.05) is 0 Å². The van der Waals surface area contributed by atoms with Gasteiger partial charge in [-0.05, 0) is 35.5 Å². The summed E-state index contributed by atoms with van der Waals surface area (Å²) in [6.45, 7) is 1.76. The molecule has 0 aliphatic heterocycles. The molecule has 1 atom stereocenters. The fourth-order valence-electron chi connectivity index (χ4n) is 1.28. The third kappa shape index (κ3) is 1.89. The molecule has 1 heterocycles. The second-order valence-electron chi connectivity index (χ2n) is 3.34. The molecule has 0 aliphatic rings. The fraction of sp³-hybridized carbons (Fsp3) is 0.222. The van der Waals surface area contributed by atoms with E-state index in [2.05, 4.69) is 15.5 Å². The number of nitrogens with zero attached hydrogens (tertiary/aromatic N) is 4. The lowest BCUT2D eigenvalue weighted by Crippen LogP contribution is -2.13. The van der Waals surface area contributed by atoms with Crippen LogP contribution in [0.4, 0.5) is 4.39 Å². The zero-order valence-corrected chi connectivity index (χ0v) is 9.19. The molecule has 0 amide bonds. The van der Waals surface area contributed by atoms with Crippen LogP contribution in [0.3, 0.4) is 0 Å².